The van der Waals surface area contributed by atoms with Crippen LogP contribution >= 0.6 is 0 Å². The van der Waals surface area contributed by atoms with E-state index in [4.69, 9.17) is 8.83 Å². The zero-order valence-corrected chi connectivity index (χ0v) is 16.8. The number of hydrogen-bond acceptors (Lipinski definition) is 7. The van der Waals surface area contributed by atoms with Crippen molar-refractivity contribution in [2.75, 3.05) is 6.54 Å². The van der Waals surface area contributed by atoms with Crippen LogP contribution in [0.3, 0.4) is 0 Å². The number of hydrogen-bond donors (Lipinski definition) is 1. The number of carbonyl (C=O) groups excluding carboxylic acids is 1. The van der Waals surface area contributed by atoms with E-state index in [0.717, 1.165) is 5.69 Å². The first kappa shape index (κ1) is 18.5. The maximum absolute atomic E-state index is 14.3. The topological polar surface area (TPSA) is 119 Å². The number of carbonyl (C=O) groups is 1. The standard InChI is InChI=1S/C21H16FN7O3/c1-28-10-23-8-14(28)19-26-27-20(32-19)21(30)29-6-5-13-17(25-9-24-13)18(29)16-7-11-12(22)3-2-4-15(11)31-16/h2-4,7-10,18H,5-6H2,1H3,(H,24,25)/t18-/m1/s1. The van der Waals surface area contributed by atoms with Crippen LogP contribution in [-0.4, -0.2) is 47.1 Å². The molecule has 0 saturated heterocycles. The molecule has 5 heterocycles. The van der Waals surface area contributed by atoms with Crippen molar-refractivity contribution in [1.82, 2.24) is 34.6 Å². The Morgan fingerprint density at radius 2 is 2.19 bits per heavy atom. The molecule has 11 heteroatoms. The van der Waals surface area contributed by atoms with Gasteiger partial charge in [-0.15, -0.1) is 10.2 Å². The Kier molecular flexibility index (Phi) is 3.97. The average molecular weight is 433 g/mol. The Labute approximate surface area is 179 Å². The van der Waals surface area contributed by atoms with Gasteiger partial charge in [0.1, 0.15) is 28.9 Å². The number of fused-ring (bicyclic) bond motifs is 2. The second-order valence-electron chi connectivity index (χ2n) is 7.52. The molecule has 1 amide bonds. The summed E-state index contributed by atoms with van der Waals surface area (Å²) < 4.78 is 27.6. The van der Waals surface area contributed by atoms with Crippen molar-refractivity contribution < 1.29 is 18.0 Å². The molecular formula is C21H16FN7O3. The van der Waals surface area contributed by atoms with Gasteiger partial charge in [0.05, 0.1) is 29.9 Å². The predicted molar refractivity (Wildman–Crippen MR) is 108 cm³/mol. The van der Waals surface area contributed by atoms with Gasteiger partial charge in [-0.25, -0.2) is 14.4 Å². The summed E-state index contributed by atoms with van der Waals surface area (Å²) in [5.41, 5.74) is 2.51. The molecule has 1 atom stereocenters. The molecule has 0 spiro atoms. The van der Waals surface area contributed by atoms with E-state index in [9.17, 15) is 9.18 Å². The lowest BCUT2D eigenvalue weighted by molar-refractivity contribution is 0.0632. The first-order chi connectivity index (χ1) is 15.6. The molecule has 4 aromatic heterocycles. The van der Waals surface area contributed by atoms with Crippen LogP contribution in [0.2, 0.25) is 0 Å². The normalized spacial score (nSPS) is 15.9. The SMILES string of the molecule is Cn1cncc1-c1nnc(C(=O)N2CCc3[nH]cnc3[C@H]2c2cc3c(F)cccc3o2)o1. The molecular weight excluding hydrogens is 417 g/mol. The third-order valence-electron chi connectivity index (χ3n) is 5.63. The third-order valence-corrected chi connectivity index (χ3v) is 5.63. The minimum Gasteiger partial charge on any atom is -0.458 e. The average Bonchev–Trinajstić information content (AvgIpc) is 3.57. The molecule has 0 aliphatic carbocycles. The van der Waals surface area contributed by atoms with Crippen LogP contribution in [0.5, 0.6) is 0 Å². The number of nitrogens with one attached hydrogen (secondary N) is 1. The Morgan fingerprint density at radius 3 is 3.00 bits per heavy atom. The second-order valence-corrected chi connectivity index (χ2v) is 7.52. The number of halogens is 1. The number of imidazole rings is 2. The molecule has 0 unspecified atom stereocenters. The maximum atomic E-state index is 14.3. The first-order valence-corrected chi connectivity index (χ1v) is 9.91. The molecule has 1 aromatic carbocycles. The van der Waals surface area contributed by atoms with Crippen molar-refractivity contribution in [3.8, 4) is 11.6 Å². The second kappa shape index (κ2) is 6.87. The minimum absolute atomic E-state index is 0.160. The number of aromatic nitrogens is 6. The first-order valence-electron chi connectivity index (χ1n) is 9.91. The number of furan rings is 1. The lowest BCUT2D eigenvalue weighted by Gasteiger charge is -2.32. The van der Waals surface area contributed by atoms with Crippen molar-refractivity contribution in [2.24, 2.45) is 7.05 Å². The predicted octanol–water partition coefficient (Wildman–Crippen LogP) is 2.87. The van der Waals surface area contributed by atoms with Gasteiger partial charge in [-0.05, 0) is 18.2 Å². The smallest absolute Gasteiger partial charge is 0.312 e. The van der Waals surface area contributed by atoms with Crippen LogP contribution < -0.4 is 0 Å². The molecule has 10 nitrogen and oxygen atoms in total. The number of rotatable bonds is 3. The molecule has 5 aromatic rings. The minimum atomic E-state index is -0.670. The molecule has 0 bridgehead atoms. The van der Waals surface area contributed by atoms with Gasteiger partial charge in [0.2, 0.25) is 0 Å². The van der Waals surface area contributed by atoms with Gasteiger partial charge in [0, 0.05) is 25.7 Å². The van der Waals surface area contributed by atoms with Crippen LogP contribution in [-0.2, 0) is 13.5 Å². The summed E-state index contributed by atoms with van der Waals surface area (Å²) in [6.45, 7) is 0.363. The highest BCUT2D eigenvalue weighted by atomic mass is 19.1. The van der Waals surface area contributed by atoms with E-state index in [-0.39, 0.29) is 11.8 Å². The zero-order valence-electron chi connectivity index (χ0n) is 16.8. The Bertz CT molecular complexity index is 1460. The van der Waals surface area contributed by atoms with Crippen LogP contribution in [0.15, 0.2) is 52.0 Å². The number of aromatic amines is 1. The van der Waals surface area contributed by atoms with E-state index < -0.39 is 17.8 Å². The number of H-pyrrole nitrogens is 1. The van der Waals surface area contributed by atoms with Gasteiger partial charge in [0.25, 0.3) is 5.89 Å². The van der Waals surface area contributed by atoms with E-state index in [2.05, 4.69) is 25.1 Å². The Morgan fingerprint density at radius 1 is 1.28 bits per heavy atom. The van der Waals surface area contributed by atoms with Gasteiger partial charge in [-0.1, -0.05) is 6.07 Å². The van der Waals surface area contributed by atoms with Crippen molar-refractivity contribution in [3.05, 3.63) is 72.0 Å². The van der Waals surface area contributed by atoms with Gasteiger partial charge in [-0.3, -0.25) is 4.79 Å². The fraction of sp³-hybridized carbons (Fsp3) is 0.190. The van der Waals surface area contributed by atoms with Crippen molar-refractivity contribution >= 4 is 16.9 Å². The molecule has 0 saturated carbocycles. The number of nitrogens with zero attached hydrogens (tertiary/aromatic N) is 6. The summed E-state index contributed by atoms with van der Waals surface area (Å²) in [7, 11) is 1.79. The zero-order chi connectivity index (χ0) is 21.8. The van der Waals surface area contributed by atoms with Crippen molar-refractivity contribution in [1.29, 1.82) is 0 Å². The summed E-state index contributed by atoms with van der Waals surface area (Å²) >= 11 is 0. The summed E-state index contributed by atoms with van der Waals surface area (Å²) in [6, 6.07) is 5.56. The fourth-order valence-electron chi connectivity index (χ4n) is 4.06. The van der Waals surface area contributed by atoms with E-state index >= 15 is 0 Å². The van der Waals surface area contributed by atoms with Crippen LogP contribution in [0.25, 0.3) is 22.6 Å². The monoisotopic (exact) mass is 433 g/mol. The molecule has 32 heavy (non-hydrogen) atoms. The molecule has 1 N–H and O–H groups in total. The highest BCUT2D eigenvalue weighted by Gasteiger charge is 2.38. The molecule has 160 valence electrons. The van der Waals surface area contributed by atoms with Crippen LogP contribution in [0.1, 0.15) is 33.9 Å². The molecule has 1 aliphatic rings. The van der Waals surface area contributed by atoms with Crippen LogP contribution in [0, 0.1) is 5.82 Å². The molecule has 6 rings (SSSR count). The lowest BCUT2D eigenvalue weighted by atomic mass is 10.00. The van der Waals surface area contributed by atoms with Gasteiger partial charge < -0.3 is 23.3 Å². The van der Waals surface area contributed by atoms with Crippen LogP contribution in [0.4, 0.5) is 4.39 Å². The summed E-state index contributed by atoms with van der Waals surface area (Å²) in [4.78, 5) is 26.5. The van der Waals surface area contributed by atoms with Crippen molar-refractivity contribution in [3.63, 3.8) is 0 Å². The molecule has 1 aliphatic heterocycles. The summed E-state index contributed by atoms with van der Waals surface area (Å²) in [6.07, 6.45) is 5.31. The highest BCUT2D eigenvalue weighted by molar-refractivity contribution is 5.90. The number of benzene rings is 1. The maximum Gasteiger partial charge on any atom is 0.312 e. The van der Waals surface area contributed by atoms with E-state index in [1.54, 1.807) is 53.6 Å². The van der Waals surface area contributed by atoms with E-state index in [1.165, 1.54) is 6.07 Å². The quantitative estimate of drug-likeness (QED) is 0.465. The van der Waals surface area contributed by atoms with Gasteiger partial charge in [-0.2, -0.15) is 0 Å². The Balaban J connectivity index is 1.42. The summed E-state index contributed by atoms with van der Waals surface area (Å²) in [5, 5.41) is 8.28. The number of aryl methyl sites for hydroxylation is 1. The molecule has 0 fully saturated rings. The number of amides is 1. The van der Waals surface area contributed by atoms with E-state index in [0.29, 0.717) is 41.1 Å². The fourth-order valence-corrected chi connectivity index (χ4v) is 4.06. The summed E-state index contributed by atoms with van der Waals surface area (Å²) in [5.74, 6) is -0.435. The van der Waals surface area contributed by atoms with Crippen molar-refractivity contribution in [2.45, 2.75) is 12.5 Å². The molecule has 0 radical (unpaired) electrons. The highest BCUT2D eigenvalue weighted by Crippen LogP contribution is 2.37. The van der Waals surface area contributed by atoms with Gasteiger partial charge >= 0.3 is 11.8 Å². The van der Waals surface area contributed by atoms with E-state index in [1.807, 2.05) is 0 Å². The largest absolute Gasteiger partial charge is 0.458 e. The lowest BCUT2D eigenvalue weighted by Crippen LogP contribution is -2.40. The third kappa shape index (κ3) is 2.74. The van der Waals surface area contributed by atoms with Gasteiger partial charge in [0.15, 0.2) is 0 Å². The Hall–Kier alpha value is -4.28.